The first-order chi connectivity index (χ1) is 8.20. The lowest BCUT2D eigenvalue weighted by Crippen LogP contribution is -2.82. The summed E-state index contributed by atoms with van der Waals surface area (Å²) in [5.41, 5.74) is 2.98. The molecule has 17 heavy (non-hydrogen) atoms. The predicted molar refractivity (Wildman–Crippen MR) is 70.1 cm³/mol. The first kappa shape index (κ1) is 11.9. The van der Waals surface area contributed by atoms with Gasteiger partial charge in [-0.05, 0) is 36.4 Å². The number of hydrogen-bond donors (Lipinski definition) is 2. The Balaban J connectivity index is 2.35. The smallest absolute Gasteiger partial charge is 0.257 e. The van der Waals surface area contributed by atoms with Crippen molar-refractivity contribution in [1.82, 2.24) is 4.98 Å². The Kier molecular flexibility index (Phi) is 3.59. The van der Waals surface area contributed by atoms with Crippen LogP contribution in [0.4, 0.5) is 0 Å². The van der Waals surface area contributed by atoms with E-state index in [4.69, 9.17) is 0 Å². The lowest BCUT2D eigenvalue weighted by molar-refractivity contribution is -0.670. The van der Waals surface area contributed by atoms with Crippen LogP contribution in [0.15, 0.2) is 29.1 Å². The third-order valence-corrected chi connectivity index (χ3v) is 2.94. The van der Waals surface area contributed by atoms with Crippen LogP contribution in [0.3, 0.4) is 0 Å². The maximum Gasteiger partial charge on any atom is 0.257 e. The lowest BCUT2D eigenvalue weighted by atomic mass is 10.1. The van der Waals surface area contributed by atoms with E-state index in [0.717, 1.165) is 36.0 Å². The van der Waals surface area contributed by atoms with Crippen molar-refractivity contribution in [2.45, 2.75) is 26.8 Å². The van der Waals surface area contributed by atoms with Crippen LogP contribution in [0.5, 0.6) is 0 Å². The summed E-state index contributed by atoms with van der Waals surface area (Å²) < 4.78 is 0. The maximum absolute atomic E-state index is 11.9. The highest BCUT2D eigenvalue weighted by Gasteiger charge is 2.04. The Morgan fingerprint density at radius 1 is 1.29 bits per heavy atom. The molecule has 1 aromatic carbocycles. The molecule has 0 atom stereocenters. The van der Waals surface area contributed by atoms with Gasteiger partial charge in [-0.15, -0.1) is 0 Å². The Morgan fingerprint density at radius 2 is 2.12 bits per heavy atom. The van der Waals surface area contributed by atoms with Gasteiger partial charge in [0.1, 0.15) is 6.54 Å². The van der Waals surface area contributed by atoms with Gasteiger partial charge in [-0.3, -0.25) is 4.79 Å². The number of hydrogen-bond acceptors (Lipinski definition) is 1. The predicted octanol–water partition coefficient (Wildman–Crippen LogP) is 1.31. The van der Waals surface area contributed by atoms with Crippen molar-refractivity contribution in [2.75, 3.05) is 6.54 Å². The highest BCUT2D eigenvalue weighted by Crippen LogP contribution is 2.12. The molecule has 90 valence electrons. The van der Waals surface area contributed by atoms with Gasteiger partial charge >= 0.3 is 0 Å². The van der Waals surface area contributed by atoms with E-state index in [1.54, 1.807) is 0 Å². The quantitative estimate of drug-likeness (QED) is 0.766. The number of rotatable bonds is 4. The molecule has 0 saturated carbocycles. The van der Waals surface area contributed by atoms with Crippen molar-refractivity contribution in [3.8, 4) is 0 Å². The van der Waals surface area contributed by atoms with Gasteiger partial charge in [0.15, 0.2) is 0 Å². The van der Waals surface area contributed by atoms with Crippen molar-refractivity contribution in [2.24, 2.45) is 0 Å². The summed E-state index contributed by atoms with van der Waals surface area (Å²) >= 11 is 0. The van der Waals surface area contributed by atoms with Crippen LogP contribution >= 0.6 is 0 Å². The fourth-order valence-corrected chi connectivity index (χ4v) is 1.97. The molecule has 1 aromatic heterocycles. The van der Waals surface area contributed by atoms with Crippen LogP contribution in [0.1, 0.15) is 24.5 Å². The molecule has 0 aliphatic carbocycles. The van der Waals surface area contributed by atoms with Crippen LogP contribution in [-0.4, -0.2) is 11.5 Å². The third-order valence-electron chi connectivity index (χ3n) is 2.94. The van der Waals surface area contributed by atoms with E-state index in [1.165, 1.54) is 5.56 Å². The minimum atomic E-state index is 0.0375. The molecule has 3 N–H and O–H groups in total. The van der Waals surface area contributed by atoms with Gasteiger partial charge in [0, 0.05) is 5.52 Å². The monoisotopic (exact) mass is 231 g/mol. The fraction of sp³-hybridized carbons (Fsp3) is 0.357. The van der Waals surface area contributed by atoms with Gasteiger partial charge in [-0.2, -0.15) is 0 Å². The summed E-state index contributed by atoms with van der Waals surface area (Å²) in [5.74, 6) is 0. The Morgan fingerprint density at radius 3 is 2.88 bits per heavy atom. The molecule has 3 nitrogen and oxygen atoms in total. The van der Waals surface area contributed by atoms with Gasteiger partial charge in [0.2, 0.25) is 0 Å². The number of benzene rings is 1. The molecule has 2 aromatic rings. The van der Waals surface area contributed by atoms with Gasteiger partial charge in [0.25, 0.3) is 5.56 Å². The molecule has 2 rings (SSSR count). The zero-order valence-electron chi connectivity index (χ0n) is 10.4. The zero-order valence-corrected chi connectivity index (χ0v) is 10.4. The lowest BCUT2D eigenvalue weighted by Gasteiger charge is -2.03. The average Bonchev–Trinajstić information content (AvgIpc) is 2.30. The summed E-state index contributed by atoms with van der Waals surface area (Å²) in [5, 5.41) is 3.28. The number of aromatic nitrogens is 1. The Bertz CT molecular complexity index is 572. The molecule has 0 aliphatic rings. The number of aryl methyl sites for hydroxylation is 1. The largest absolute Gasteiger partial charge is 0.342 e. The second-order valence-corrected chi connectivity index (χ2v) is 4.50. The zero-order chi connectivity index (χ0) is 12.3. The van der Waals surface area contributed by atoms with Crippen molar-refractivity contribution in [3.63, 3.8) is 0 Å². The van der Waals surface area contributed by atoms with Crippen molar-refractivity contribution >= 4 is 10.9 Å². The molecule has 0 unspecified atom stereocenters. The molecule has 0 saturated heterocycles. The molecule has 0 bridgehead atoms. The van der Waals surface area contributed by atoms with Crippen LogP contribution in [-0.2, 0) is 6.54 Å². The molecular formula is C14H19N2O+. The van der Waals surface area contributed by atoms with Gasteiger partial charge in [-0.25, -0.2) is 0 Å². The number of nitrogens with one attached hydrogen (secondary N) is 1. The highest BCUT2D eigenvalue weighted by atomic mass is 16.1. The maximum atomic E-state index is 11.9. The first-order valence-corrected chi connectivity index (χ1v) is 6.15. The number of pyridine rings is 1. The Labute approximate surface area is 101 Å². The SMILES string of the molecule is CCC[NH2+]Cc1cc2ccc(C)cc2[nH]c1=O. The van der Waals surface area contributed by atoms with E-state index in [-0.39, 0.29) is 5.56 Å². The van der Waals surface area contributed by atoms with Crippen molar-refractivity contribution in [3.05, 3.63) is 45.7 Å². The minimum Gasteiger partial charge on any atom is -0.342 e. The summed E-state index contributed by atoms with van der Waals surface area (Å²) in [7, 11) is 0. The molecule has 0 amide bonds. The summed E-state index contributed by atoms with van der Waals surface area (Å²) in [4.78, 5) is 14.8. The summed E-state index contributed by atoms with van der Waals surface area (Å²) in [6, 6.07) is 8.14. The van der Waals surface area contributed by atoms with E-state index in [2.05, 4.69) is 29.4 Å². The van der Waals surface area contributed by atoms with Crippen molar-refractivity contribution in [1.29, 1.82) is 0 Å². The normalized spacial score (nSPS) is 10.9. The second kappa shape index (κ2) is 5.15. The molecule has 0 radical (unpaired) electrons. The van der Waals surface area contributed by atoms with Gasteiger partial charge < -0.3 is 10.3 Å². The molecule has 0 fully saturated rings. The van der Waals surface area contributed by atoms with Crippen molar-refractivity contribution < 1.29 is 5.32 Å². The highest BCUT2D eigenvalue weighted by molar-refractivity contribution is 5.79. The number of H-pyrrole nitrogens is 1. The van der Waals surface area contributed by atoms with E-state index in [1.807, 2.05) is 19.1 Å². The van der Waals surface area contributed by atoms with Gasteiger partial charge in [-0.1, -0.05) is 19.1 Å². The Hall–Kier alpha value is -1.61. The molecule has 3 heteroatoms. The van der Waals surface area contributed by atoms with E-state index >= 15 is 0 Å². The molecule has 1 heterocycles. The number of quaternary nitrogens is 1. The fourth-order valence-electron chi connectivity index (χ4n) is 1.97. The van der Waals surface area contributed by atoms with E-state index < -0.39 is 0 Å². The van der Waals surface area contributed by atoms with E-state index in [0.29, 0.717) is 0 Å². The standard InChI is InChI=1S/C14H18N2O/c1-3-6-15-9-12-8-11-5-4-10(2)7-13(11)16-14(12)17/h4-5,7-8,15H,3,6,9H2,1-2H3,(H,16,17)/p+1. The van der Waals surface area contributed by atoms with Crippen LogP contribution in [0, 0.1) is 6.92 Å². The minimum absolute atomic E-state index is 0.0375. The van der Waals surface area contributed by atoms with Crippen LogP contribution in [0.2, 0.25) is 0 Å². The van der Waals surface area contributed by atoms with Crippen LogP contribution < -0.4 is 10.9 Å². The van der Waals surface area contributed by atoms with E-state index in [9.17, 15) is 4.79 Å². The second-order valence-electron chi connectivity index (χ2n) is 4.50. The first-order valence-electron chi connectivity index (χ1n) is 6.15. The average molecular weight is 231 g/mol. The molecule has 0 spiro atoms. The summed E-state index contributed by atoms with van der Waals surface area (Å²) in [6.45, 7) is 5.99. The number of nitrogens with two attached hydrogens (primary N) is 1. The van der Waals surface area contributed by atoms with Gasteiger partial charge in [0.05, 0.1) is 12.1 Å². The molecular weight excluding hydrogens is 212 g/mol. The number of aromatic amines is 1. The number of fused-ring (bicyclic) bond motifs is 1. The molecule has 0 aliphatic heterocycles. The topological polar surface area (TPSA) is 49.5 Å². The summed E-state index contributed by atoms with van der Waals surface area (Å²) in [6.07, 6.45) is 1.13. The third kappa shape index (κ3) is 2.74. The van der Waals surface area contributed by atoms with Crippen LogP contribution in [0.25, 0.3) is 10.9 Å².